The van der Waals surface area contributed by atoms with Crippen LogP contribution in [0.1, 0.15) is 18.1 Å². The fourth-order valence-electron chi connectivity index (χ4n) is 3.36. The molecule has 0 aliphatic rings. The summed E-state index contributed by atoms with van der Waals surface area (Å²) in [6.07, 6.45) is -2.80. The van der Waals surface area contributed by atoms with E-state index in [2.05, 4.69) is 10.1 Å². The fraction of sp³-hybridized carbons (Fsp3) is 0.190. The van der Waals surface area contributed by atoms with Crippen LogP contribution in [0.25, 0.3) is 22.6 Å². The SMILES string of the molecule is CCS(=O)(=O)c1cc(-c2ccc(F)cc2C)cnc1-n1nc2ccc(C(F)(F)F)cn2c1=O. The highest BCUT2D eigenvalue weighted by atomic mass is 32.2. The van der Waals surface area contributed by atoms with E-state index in [4.69, 9.17) is 0 Å². The molecule has 0 unspecified atom stereocenters. The quantitative estimate of drug-likeness (QED) is 0.415. The molecule has 0 N–H and O–H groups in total. The van der Waals surface area contributed by atoms with Crippen LogP contribution in [-0.2, 0) is 16.0 Å². The van der Waals surface area contributed by atoms with E-state index in [0.717, 1.165) is 12.1 Å². The van der Waals surface area contributed by atoms with Gasteiger partial charge in [-0.3, -0.25) is 0 Å². The molecule has 0 spiro atoms. The van der Waals surface area contributed by atoms with Gasteiger partial charge in [0.25, 0.3) is 0 Å². The molecule has 0 bridgehead atoms. The van der Waals surface area contributed by atoms with Crippen LogP contribution in [-0.4, -0.2) is 33.3 Å². The predicted molar refractivity (Wildman–Crippen MR) is 111 cm³/mol. The molecule has 7 nitrogen and oxygen atoms in total. The number of aromatic nitrogens is 4. The van der Waals surface area contributed by atoms with Gasteiger partial charge >= 0.3 is 11.9 Å². The van der Waals surface area contributed by atoms with Crippen molar-refractivity contribution in [3.8, 4) is 16.9 Å². The Labute approximate surface area is 184 Å². The molecule has 0 atom stereocenters. The Morgan fingerprint density at radius 3 is 2.45 bits per heavy atom. The van der Waals surface area contributed by atoms with Crippen LogP contribution in [0.5, 0.6) is 0 Å². The maximum Gasteiger partial charge on any atom is 0.417 e. The van der Waals surface area contributed by atoms with Crippen molar-refractivity contribution < 1.29 is 26.0 Å². The molecule has 0 saturated heterocycles. The number of hydrogen-bond acceptors (Lipinski definition) is 5. The molecule has 172 valence electrons. The molecule has 0 radical (unpaired) electrons. The summed E-state index contributed by atoms with van der Waals surface area (Å²) >= 11 is 0. The van der Waals surface area contributed by atoms with Gasteiger partial charge in [0.1, 0.15) is 10.7 Å². The summed E-state index contributed by atoms with van der Waals surface area (Å²) in [6, 6.07) is 7.03. The third-order valence-corrected chi connectivity index (χ3v) is 6.82. The third-order valence-electron chi connectivity index (χ3n) is 5.09. The lowest BCUT2D eigenvalue weighted by atomic mass is 10.0. The first-order chi connectivity index (χ1) is 15.4. The molecule has 4 aromatic rings. The highest BCUT2D eigenvalue weighted by Crippen LogP contribution is 2.30. The average Bonchev–Trinajstić information content (AvgIpc) is 3.08. The van der Waals surface area contributed by atoms with E-state index in [1.807, 2.05) is 0 Å². The zero-order valence-electron chi connectivity index (χ0n) is 17.3. The number of halogens is 4. The number of nitrogens with zero attached hydrogens (tertiary/aromatic N) is 4. The summed E-state index contributed by atoms with van der Waals surface area (Å²) in [5.74, 6) is -1.13. The van der Waals surface area contributed by atoms with E-state index in [-0.39, 0.29) is 22.1 Å². The number of sulfone groups is 1. The standard InChI is InChI=1S/C21H16F4N4O3S/c1-3-33(31,32)17-9-13(16-6-5-15(22)8-12(16)2)10-26-19(17)29-20(30)28-11-14(21(23,24)25)4-7-18(28)27-29/h4-11H,3H2,1-2H3. The minimum atomic E-state index is -4.68. The Morgan fingerprint density at radius 1 is 1.09 bits per heavy atom. The Kier molecular flexibility index (Phi) is 5.35. The first-order valence-electron chi connectivity index (χ1n) is 9.60. The van der Waals surface area contributed by atoms with Crippen molar-refractivity contribution in [1.29, 1.82) is 0 Å². The van der Waals surface area contributed by atoms with Crippen LogP contribution in [0.2, 0.25) is 0 Å². The number of benzene rings is 1. The molecule has 0 saturated carbocycles. The summed E-state index contributed by atoms with van der Waals surface area (Å²) in [5.41, 5.74) is -0.767. The first kappa shape index (κ1) is 22.6. The molecule has 0 aliphatic heterocycles. The second kappa shape index (κ2) is 7.80. The number of aryl methyl sites for hydroxylation is 1. The zero-order valence-corrected chi connectivity index (χ0v) is 18.1. The van der Waals surface area contributed by atoms with Crippen LogP contribution in [0.3, 0.4) is 0 Å². The van der Waals surface area contributed by atoms with Crippen molar-refractivity contribution in [2.75, 3.05) is 5.75 Å². The lowest BCUT2D eigenvalue weighted by Crippen LogP contribution is -2.23. The first-order valence-corrected chi connectivity index (χ1v) is 11.3. The molecule has 33 heavy (non-hydrogen) atoms. The monoisotopic (exact) mass is 480 g/mol. The van der Waals surface area contributed by atoms with E-state index >= 15 is 0 Å². The normalized spacial score (nSPS) is 12.4. The van der Waals surface area contributed by atoms with Crippen molar-refractivity contribution >= 4 is 15.5 Å². The van der Waals surface area contributed by atoms with Crippen LogP contribution >= 0.6 is 0 Å². The maximum atomic E-state index is 13.5. The van der Waals surface area contributed by atoms with Gasteiger partial charge in [-0.25, -0.2) is 27.0 Å². The van der Waals surface area contributed by atoms with Gasteiger partial charge < -0.3 is 0 Å². The number of pyridine rings is 2. The topological polar surface area (TPSA) is 86.3 Å². The molecule has 12 heteroatoms. The van der Waals surface area contributed by atoms with Gasteiger partial charge in [0.15, 0.2) is 21.3 Å². The molecule has 0 amide bonds. The van der Waals surface area contributed by atoms with Crippen molar-refractivity contribution in [3.05, 3.63) is 76.2 Å². The van der Waals surface area contributed by atoms with Crippen molar-refractivity contribution in [2.45, 2.75) is 24.9 Å². The van der Waals surface area contributed by atoms with Crippen molar-refractivity contribution in [2.24, 2.45) is 0 Å². The largest absolute Gasteiger partial charge is 0.417 e. The van der Waals surface area contributed by atoms with Crippen LogP contribution in [0.4, 0.5) is 17.6 Å². The van der Waals surface area contributed by atoms with Gasteiger partial charge in [0.05, 0.1) is 11.3 Å². The van der Waals surface area contributed by atoms with Gasteiger partial charge in [-0.05, 0) is 48.4 Å². The Morgan fingerprint density at radius 2 is 1.82 bits per heavy atom. The lowest BCUT2D eigenvalue weighted by molar-refractivity contribution is -0.137. The molecule has 4 rings (SSSR count). The second-order valence-corrected chi connectivity index (χ2v) is 9.49. The van der Waals surface area contributed by atoms with Gasteiger partial charge in [-0.15, -0.1) is 5.10 Å². The van der Waals surface area contributed by atoms with Crippen LogP contribution in [0, 0.1) is 12.7 Å². The van der Waals surface area contributed by atoms with Gasteiger partial charge in [0, 0.05) is 18.0 Å². The lowest BCUT2D eigenvalue weighted by Gasteiger charge is -2.11. The van der Waals surface area contributed by atoms with E-state index < -0.39 is 33.1 Å². The minimum Gasteiger partial charge on any atom is -0.249 e. The third kappa shape index (κ3) is 4.01. The molecule has 0 fully saturated rings. The number of alkyl halides is 3. The Balaban J connectivity index is 1.97. The number of fused-ring (bicyclic) bond motifs is 1. The van der Waals surface area contributed by atoms with Crippen molar-refractivity contribution in [3.63, 3.8) is 0 Å². The second-order valence-electron chi connectivity index (χ2n) is 7.25. The highest BCUT2D eigenvalue weighted by molar-refractivity contribution is 7.91. The molecule has 0 aliphatic carbocycles. The Bertz CT molecular complexity index is 1560. The maximum absolute atomic E-state index is 13.5. The highest BCUT2D eigenvalue weighted by Gasteiger charge is 2.31. The summed E-state index contributed by atoms with van der Waals surface area (Å²) in [7, 11) is -3.94. The molecule has 3 heterocycles. The van der Waals surface area contributed by atoms with E-state index in [1.165, 1.54) is 37.4 Å². The fourth-order valence-corrected chi connectivity index (χ4v) is 4.39. The molecular formula is C21H16F4N4O3S. The average molecular weight is 480 g/mol. The number of hydrogen-bond donors (Lipinski definition) is 0. The Hall–Kier alpha value is -3.54. The van der Waals surface area contributed by atoms with Crippen molar-refractivity contribution in [1.82, 2.24) is 19.2 Å². The van der Waals surface area contributed by atoms with E-state index in [1.54, 1.807) is 6.92 Å². The van der Waals surface area contributed by atoms with Crippen LogP contribution < -0.4 is 5.69 Å². The van der Waals surface area contributed by atoms with Gasteiger partial charge in [-0.2, -0.15) is 17.9 Å². The summed E-state index contributed by atoms with van der Waals surface area (Å²) in [6.45, 7) is 3.04. The minimum absolute atomic E-state index is 0.117. The molecular weight excluding hydrogens is 464 g/mol. The zero-order chi connectivity index (χ0) is 24.1. The smallest absolute Gasteiger partial charge is 0.249 e. The number of rotatable bonds is 4. The predicted octanol–water partition coefficient (Wildman–Crippen LogP) is 3.81. The van der Waals surface area contributed by atoms with E-state index in [9.17, 15) is 30.8 Å². The molecule has 1 aromatic carbocycles. The summed E-state index contributed by atoms with van der Waals surface area (Å²) in [4.78, 5) is 16.6. The van der Waals surface area contributed by atoms with Crippen LogP contribution in [0.15, 0.2) is 58.5 Å². The van der Waals surface area contributed by atoms with Gasteiger partial charge in [0.2, 0.25) is 0 Å². The molecule has 3 aromatic heterocycles. The summed E-state index contributed by atoms with van der Waals surface area (Å²) in [5, 5.41) is 3.97. The van der Waals surface area contributed by atoms with E-state index in [0.29, 0.717) is 32.0 Å². The summed E-state index contributed by atoms with van der Waals surface area (Å²) < 4.78 is 79.6. The van der Waals surface area contributed by atoms with Gasteiger partial charge in [-0.1, -0.05) is 13.0 Å².